The normalized spacial score (nSPS) is 12.0. The smallest absolute Gasteiger partial charge is 0.418 e. The number of primary sulfonamides is 1. The first-order chi connectivity index (χ1) is 11.6. The third-order valence-electron chi connectivity index (χ3n) is 3.20. The number of nitrogens with two attached hydrogens (primary N) is 1. The summed E-state index contributed by atoms with van der Waals surface area (Å²) in [5.41, 5.74) is -0.713. The maximum atomic E-state index is 13.2. The number of aromatic nitrogens is 1. The Labute approximate surface area is 142 Å². The van der Waals surface area contributed by atoms with Crippen molar-refractivity contribution < 1.29 is 26.3 Å². The van der Waals surface area contributed by atoms with Crippen LogP contribution in [-0.2, 0) is 22.7 Å². The number of halogens is 3. The number of hydrogen-bond acceptors (Lipinski definition) is 5. The van der Waals surface area contributed by atoms with Crippen molar-refractivity contribution in [2.75, 3.05) is 11.9 Å². The molecular weight excluding hydrogens is 359 g/mol. The number of rotatable bonds is 6. The van der Waals surface area contributed by atoms with Crippen molar-refractivity contribution >= 4 is 15.7 Å². The van der Waals surface area contributed by atoms with Crippen molar-refractivity contribution in [2.24, 2.45) is 5.14 Å². The molecule has 0 unspecified atom stereocenters. The molecule has 2 aromatic rings. The van der Waals surface area contributed by atoms with Crippen LogP contribution in [0.4, 0.5) is 18.9 Å². The summed E-state index contributed by atoms with van der Waals surface area (Å²) in [6, 6.07) is 5.79. The topological polar surface area (TPSA) is 94.3 Å². The Morgan fingerprint density at radius 2 is 1.96 bits per heavy atom. The van der Waals surface area contributed by atoms with Gasteiger partial charge in [0.15, 0.2) is 0 Å². The Hall–Kier alpha value is -2.33. The third-order valence-corrected chi connectivity index (χ3v) is 4.11. The van der Waals surface area contributed by atoms with Crippen LogP contribution in [0, 0.1) is 0 Å². The van der Waals surface area contributed by atoms with Crippen molar-refractivity contribution in [3.05, 3.63) is 47.7 Å². The Balaban J connectivity index is 2.28. The zero-order chi connectivity index (χ0) is 18.7. The van der Waals surface area contributed by atoms with Gasteiger partial charge in [-0.25, -0.2) is 18.5 Å². The standard InChI is InChI=1S/C15H16F3N3O3S/c1-2-24-14-7-10(5-6-20-14)9-21-13-4-3-11(25(19,22)23)8-12(13)15(16,17)18/h3-8,21H,2,9H2,1H3,(H2,19,22,23). The largest absolute Gasteiger partial charge is 0.478 e. The fourth-order valence-corrected chi connectivity index (χ4v) is 2.61. The van der Waals surface area contributed by atoms with Crippen molar-refractivity contribution in [1.29, 1.82) is 0 Å². The average Bonchev–Trinajstić information content (AvgIpc) is 2.52. The molecule has 0 saturated carbocycles. The number of nitrogens with one attached hydrogen (secondary N) is 1. The quantitative estimate of drug-likeness (QED) is 0.810. The number of anilines is 1. The second-order valence-corrected chi connectivity index (χ2v) is 6.60. The van der Waals surface area contributed by atoms with Gasteiger partial charge in [-0.1, -0.05) is 0 Å². The van der Waals surface area contributed by atoms with Crippen molar-refractivity contribution in [2.45, 2.75) is 24.5 Å². The zero-order valence-corrected chi connectivity index (χ0v) is 14.0. The number of benzene rings is 1. The van der Waals surface area contributed by atoms with Crippen LogP contribution in [0.3, 0.4) is 0 Å². The minimum atomic E-state index is -4.74. The predicted molar refractivity (Wildman–Crippen MR) is 85.5 cm³/mol. The van der Waals surface area contributed by atoms with Crippen LogP contribution >= 0.6 is 0 Å². The molecule has 0 aliphatic carbocycles. The molecule has 1 heterocycles. The highest BCUT2D eigenvalue weighted by Gasteiger charge is 2.34. The summed E-state index contributed by atoms with van der Waals surface area (Å²) >= 11 is 0. The number of nitrogens with zero attached hydrogens (tertiary/aromatic N) is 1. The van der Waals surface area contributed by atoms with E-state index in [2.05, 4.69) is 10.3 Å². The highest BCUT2D eigenvalue weighted by atomic mass is 32.2. The van der Waals surface area contributed by atoms with Gasteiger partial charge >= 0.3 is 6.18 Å². The molecule has 0 atom stereocenters. The first-order valence-corrected chi connectivity index (χ1v) is 8.71. The first-order valence-electron chi connectivity index (χ1n) is 7.17. The van der Waals surface area contributed by atoms with Crippen molar-refractivity contribution in [3.8, 4) is 5.88 Å². The summed E-state index contributed by atoms with van der Waals surface area (Å²) in [7, 11) is -4.23. The highest BCUT2D eigenvalue weighted by molar-refractivity contribution is 7.89. The van der Waals surface area contributed by atoms with Gasteiger partial charge in [0.05, 0.1) is 17.1 Å². The van der Waals surface area contributed by atoms with Gasteiger partial charge in [-0.05, 0) is 36.8 Å². The summed E-state index contributed by atoms with van der Waals surface area (Å²) in [5.74, 6) is 0.363. The lowest BCUT2D eigenvalue weighted by molar-refractivity contribution is -0.137. The molecule has 1 aromatic carbocycles. The molecule has 0 radical (unpaired) electrons. The molecule has 0 aliphatic heterocycles. The zero-order valence-electron chi connectivity index (χ0n) is 13.2. The van der Waals surface area contributed by atoms with E-state index in [1.165, 1.54) is 6.20 Å². The van der Waals surface area contributed by atoms with E-state index >= 15 is 0 Å². The van der Waals surface area contributed by atoms with Crippen LogP contribution < -0.4 is 15.2 Å². The van der Waals surface area contributed by atoms with Gasteiger partial charge in [0.2, 0.25) is 15.9 Å². The summed E-state index contributed by atoms with van der Waals surface area (Å²) in [4.78, 5) is 3.37. The monoisotopic (exact) mass is 375 g/mol. The molecule has 3 N–H and O–H groups in total. The Morgan fingerprint density at radius 3 is 2.56 bits per heavy atom. The van der Waals surface area contributed by atoms with E-state index < -0.39 is 26.7 Å². The molecule has 0 amide bonds. The minimum Gasteiger partial charge on any atom is -0.478 e. The molecule has 10 heteroatoms. The Kier molecular flexibility index (Phi) is 5.53. The fourth-order valence-electron chi connectivity index (χ4n) is 2.07. The van der Waals surface area contributed by atoms with E-state index in [4.69, 9.17) is 9.88 Å². The van der Waals surface area contributed by atoms with Crippen LogP contribution in [0.1, 0.15) is 18.1 Å². The number of pyridine rings is 1. The molecule has 136 valence electrons. The average molecular weight is 375 g/mol. The molecule has 25 heavy (non-hydrogen) atoms. The van der Waals surface area contributed by atoms with Gasteiger partial charge in [0, 0.05) is 24.5 Å². The maximum absolute atomic E-state index is 13.2. The molecule has 6 nitrogen and oxygen atoms in total. The molecule has 2 rings (SSSR count). The second kappa shape index (κ2) is 7.28. The van der Waals surface area contributed by atoms with Gasteiger partial charge in [0.25, 0.3) is 0 Å². The lowest BCUT2D eigenvalue weighted by atomic mass is 10.1. The number of sulfonamides is 1. The van der Waals surface area contributed by atoms with Crippen LogP contribution in [0.25, 0.3) is 0 Å². The summed E-state index contributed by atoms with van der Waals surface area (Å²) in [5, 5.41) is 7.54. The second-order valence-electron chi connectivity index (χ2n) is 5.04. The lowest BCUT2D eigenvalue weighted by Crippen LogP contribution is -2.16. The van der Waals surface area contributed by atoms with Gasteiger partial charge in [-0.3, -0.25) is 0 Å². The minimum absolute atomic E-state index is 0.0698. The van der Waals surface area contributed by atoms with Crippen molar-refractivity contribution in [3.63, 3.8) is 0 Å². The molecule has 0 spiro atoms. The third kappa shape index (κ3) is 5.07. The van der Waals surface area contributed by atoms with Crippen LogP contribution in [0.2, 0.25) is 0 Å². The molecule has 0 fully saturated rings. The lowest BCUT2D eigenvalue weighted by Gasteiger charge is -2.16. The molecule has 0 bridgehead atoms. The summed E-state index contributed by atoms with van der Waals surface area (Å²) < 4.78 is 67.4. The van der Waals surface area contributed by atoms with E-state index in [1.807, 2.05) is 0 Å². The van der Waals surface area contributed by atoms with Crippen LogP contribution in [0.5, 0.6) is 5.88 Å². The van der Waals surface area contributed by atoms with E-state index in [0.29, 0.717) is 24.1 Å². The van der Waals surface area contributed by atoms with E-state index in [1.54, 1.807) is 19.1 Å². The highest BCUT2D eigenvalue weighted by Crippen LogP contribution is 2.36. The van der Waals surface area contributed by atoms with Crippen LogP contribution in [0.15, 0.2) is 41.4 Å². The predicted octanol–water partition coefficient (Wildman–Crippen LogP) is 2.76. The first kappa shape index (κ1) is 19.0. The van der Waals surface area contributed by atoms with E-state index in [0.717, 1.165) is 12.1 Å². The Bertz CT molecular complexity index is 855. The molecular formula is C15H16F3N3O3S. The number of hydrogen-bond donors (Lipinski definition) is 2. The van der Waals surface area contributed by atoms with Crippen LogP contribution in [-0.4, -0.2) is 20.0 Å². The molecule has 0 saturated heterocycles. The van der Waals surface area contributed by atoms with E-state index in [-0.39, 0.29) is 12.2 Å². The van der Waals surface area contributed by atoms with Gasteiger partial charge < -0.3 is 10.1 Å². The summed E-state index contributed by atoms with van der Waals surface area (Å²) in [6.07, 6.45) is -3.26. The van der Waals surface area contributed by atoms with E-state index in [9.17, 15) is 21.6 Å². The maximum Gasteiger partial charge on any atom is 0.418 e. The fraction of sp³-hybridized carbons (Fsp3) is 0.267. The Morgan fingerprint density at radius 1 is 1.24 bits per heavy atom. The van der Waals surface area contributed by atoms with Gasteiger partial charge in [-0.2, -0.15) is 13.2 Å². The molecule has 1 aromatic heterocycles. The number of alkyl halides is 3. The number of ether oxygens (including phenoxy) is 1. The SMILES string of the molecule is CCOc1cc(CNc2ccc(S(N)(=O)=O)cc2C(F)(F)F)ccn1. The van der Waals surface area contributed by atoms with Gasteiger partial charge in [-0.15, -0.1) is 0 Å². The van der Waals surface area contributed by atoms with Gasteiger partial charge in [0.1, 0.15) is 0 Å². The summed E-state index contributed by atoms with van der Waals surface area (Å²) in [6.45, 7) is 2.27. The molecule has 0 aliphatic rings. The van der Waals surface area contributed by atoms with Crippen molar-refractivity contribution in [1.82, 2.24) is 4.98 Å².